The Labute approximate surface area is 66.9 Å². The molecule has 0 bridgehead atoms. The fourth-order valence-corrected chi connectivity index (χ4v) is 1.95. The summed E-state index contributed by atoms with van der Waals surface area (Å²) in [4.78, 5) is 21.7. The molecule has 11 heavy (non-hydrogen) atoms. The van der Waals surface area contributed by atoms with Gasteiger partial charge in [0.25, 0.3) is 5.91 Å². The molecule has 1 rings (SSSR count). The molecule has 0 spiro atoms. The summed E-state index contributed by atoms with van der Waals surface area (Å²) in [5.74, 6) is -2.00. The molecule has 0 aromatic rings. The first-order chi connectivity index (χ1) is 5.16. The van der Waals surface area contributed by atoms with Crippen molar-refractivity contribution >= 4 is 29.2 Å². The van der Waals surface area contributed by atoms with Crippen LogP contribution < -0.4 is 0 Å². The van der Waals surface area contributed by atoms with E-state index in [1.54, 1.807) is 0 Å². The number of hydrogen-bond acceptors (Lipinski definition) is 2. The van der Waals surface area contributed by atoms with E-state index < -0.39 is 11.7 Å². The van der Waals surface area contributed by atoms with Crippen molar-refractivity contribution in [2.75, 3.05) is 0 Å². The molecular weight excluding hydrogens is 186 g/mol. The second-order valence-electron chi connectivity index (χ2n) is 1.92. The van der Waals surface area contributed by atoms with Crippen molar-refractivity contribution in [1.82, 2.24) is 4.67 Å². The average Bonchev–Trinajstić information content (AvgIpc) is 1.99. The molecule has 60 valence electrons. The molecule has 0 fully saturated rings. The van der Waals surface area contributed by atoms with E-state index in [0.717, 1.165) is 10.7 Å². The minimum Gasteiger partial charge on any atom is -0.274 e. The van der Waals surface area contributed by atoms with Gasteiger partial charge in [-0.25, -0.2) is 4.39 Å². The molecule has 0 aromatic heterocycles. The summed E-state index contributed by atoms with van der Waals surface area (Å²) in [6.07, 6.45) is 0.991. The van der Waals surface area contributed by atoms with Gasteiger partial charge in [0.15, 0.2) is 5.83 Å². The molecule has 2 amide bonds. The van der Waals surface area contributed by atoms with Gasteiger partial charge in [-0.1, -0.05) is 8.93 Å². The van der Waals surface area contributed by atoms with Crippen LogP contribution in [-0.2, 0) is 9.59 Å². The van der Waals surface area contributed by atoms with Gasteiger partial charge in [0.05, 0.1) is 0 Å². The van der Waals surface area contributed by atoms with Crippen LogP contribution in [0.15, 0.2) is 11.9 Å². The Morgan fingerprint density at radius 3 is 2.73 bits per heavy atom. The third kappa shape index (κ3) is 1.63. The van der Waals surface area contributed by atoms with Crippen molar-refractivity contribution in [3.8, 4) is 0 Å². The first-order valence-electron chi connectivity index (χ1n) is 2.86. The Balaban J connectivity index is 2.88. The normalized spacial score (nSPS) is 19.8. The summed E-state index contributed by atoms with van der Waals surface area (Å²) in [7, 11) is 2.15. The number of amides is 2. The van der Waals surface area contributed by atoms with Crippen molar-refractivity contribution in [2.45, 2.75) is 6.42 Å². The molecule has 0 aliphatic carbocycles. The first-order valence-corrected chi connectivity index (χ1v) is 5.61. The first kappa shape index (κ1) is 8.76. The topological polar surface area (TPSA) is 37.4 Å². The maximum atomic E-state index is 12.5. The molecule has 0 saturated carbocycles. The lowest BCUT2D eigenvalue weighted by molar-refractivity contribution is -0.137. The highest BCUT2D eigenvalue weighted by molar-refractivity contribution is 8.02. The van der Waals surface area contributed by atoms with Gasteiger partial charge in [-0.3, -0.25) is 14.3 Å². The van der Waals surface area contributed by atoms with E-state index in [9.17, 15) is 14.0 Å². The molecule has 0 N–H and O–H groups in total. The molecule has 0 saturated heterocycles. The molecule has 1 heterocycles. The summed E-state index contributed by atoms with van der Waals surface area (Å²) < 4.78 is 13.4. The summed E-state index contributed by atoms with van der Waals surface area (Å²) >= 11 is 0. The third-order valence-electron chi connectivity index (χ3n) is 1.24. The monoisotopic (exact) mass is 192 g/mol. The van der Waals surface area contributed by atoms with Gasteiger partial charge in [-0.05, 0) is 6.08 Å². The van der Waals surface area contributed by atoms with Crippen LogP contribution in [0.25, 0.3) is 0 Å². The standard InChI is InChI=1S/C5H6FNO2P2/c6-3-1-2-4(8)7(11-10)5(3)9/h1,11H,2,10H2/i6-1. The Bertz CT molecular complexity index is 241. The smallest absolute Gasteiger partial charge is 0.274 e. The number of carbonyl (C=O) groups excluding carboxylic acids is 2. The predicted molar refractivity (Wildman–Crippen MR) is 43.7 cm³/mol. The van der Waals surface area contributed by atoms with E-state index in [0.29, 0.717) is 0 Å². The van der Waals surface area contributed by atoms with E-state index in [2.05, 4.69) is 8.93 Å². The minimum absolute atomic E-state index is 0.0149. The molecule has 1 aliphatic heterocycles. The second kappa shape index (κ2) is 3.38. The highest BCUT2D eigenvalue weighted by atomic mass is 32.0. The van der Waals surface area contributed by atoms with E-state index in [-0.39, 0.29) is 20.7 Å². The number of hydrogen-bond donors (Lipinski definition) is 0. The van der Waals surface area contributed by atoms with Crippen molar-refractivity contribution in [2.24, 2.45) is 0 Å². The quantitative estimate of drug-likeness (QED) is 0.458. The molecule has 0 radical (unpaired) electrons. The van der Waals surface area contributed by atoms with Crippen LogP contribution in [0.1, 0.15) is 6.42 Å². The lowest BCUT2D eigenvalue weighted by Gasteiger charge is -2.19. The molecule has 6 heteroatoms. The van der Waals surface area contributed by atoms with Crippen LogP contribution in [0.5, 0.6) is 0 Å². The number of rotatable bonds is 1. The molecule has 3 nitrogen and oxygen atoms in total. The SMILES string of the molecule is O=C1CC=C([18F])C(=O)N1PP. The number of carbonyl (C=O) groups is 2. The Morgan fingerprint density at radius 2 is 2.27 bits per heavy atom. The van der Waals surface area contributed by atoms with Crippen molar-refractivity contribution in [3.63, 3.8) is 0 Å². The van der Waals surface area contributed by atoms with Crippen LogP contribution in [0.4, 0.5) is 4.39 Å². The molecule has 0 aromatic carbocycles. The third-order valence-corrected chi connectivity index (χ3v) is 2.73. The van der Waals surface area contributed by atoms with Crippen molar-refractivity contribution in [3.05, 3.63) is 11.9 Å². The lowest BCUT2D eigenvalue weighted by atomic mass is 10.2. The van der Waals surface area contributed by atoms with Gasteiger partial charge < -0.3 is 0 Å². The van der Waals surface area contributed by atoms with E-state index in [4.69, 9.17) is 0 Å². The molecule has 1 aliphatic rings. The molecule has 2 atom stereocenters. The average molecular weight is 192 g/mol. The van der Waals surface area contributed by atoms with Crippen LogP contribution in [0, 0.1) is 0 Å². The summed E-state index contributed by atoms with van der Waals surface area (Å²) in [5.41, 5.74) is 0. The van der Waals surface area contributed by atoms with Crippen LogP contribution in [0.2, 0.25) is 0 Å². The number of halogens is 1. The van der Waals surface area contributed by atoms with Crippen LogP contribution in [0.3, 0.4) is 0 Å². The summed E-state index contributed by atoms with van der Waals surface area (Å²) in [5, 5.41) is 0. The van der Waals surface area contributed by atoms with Gasteiger partial charge in [-0.2, -0.15) is 0 Å². The van der Waals surface area contributed by atoms with Crippen LogP contribution >= 0.6 is 17.3 Å². The lowest BCUT2D eigenvalue weighted by Crippen LogP contribution is -2.31. The Kier molecular flexibility index (Phi) is 2.69. The minimum atomic E-state index is -0.834. The molecular formula is C5H6FNO2P2. The zero-order valence-electron chi connectivity index (χ0n) is 5.50. The molecule has 2 unspecified atom stereocenters. The largest absolute Gasteiger partial charge is 0.292 e. The van der Waals surface area contributed by atoms with Gasteiger partial charge in [-0.15, -0.1) is 0 Å². The Morgan fingerprint density at radius 1 is 1.64 bits per heavy atom. The maximum absolute atomic E-state index is 12.5. The Hall–Kier alpha value is -0.330. The summed E-state index contributed by atoms with van der Waals surface area (Å²) in [6, 6.07) is 0. The number of imide groups is 1. The van der Waals surface area contributed by atoms with E-state index in [1.807, 2.05) is 0 Å². The van der Waals surface area contributed by atoms with E-state index >= 15 is 0 Å². The van der Waals surface area contributed by atoms with Crippen molar-refractivity contribution in [1.29, 1.82) is 0 Å². The zero-order chi connectivity index (χ0) is 8.43. The highest BCUT2D eigenvalue weighted by Crippen LogP contribution is 2.31. The predicted octanol–water partition coefficient (Wildman–Crippen LogP) is 0.982. The maximum Gasteiger partial charge on any atom is 0.292 e. The number of nitrogens with zero attached hydrogens (tertiary/aromatic N) is 1. The van der Waals surface area contributed by atoms with E-state index in [1.165, 1.54) is 0 Å². The highest BCUT2D eigenvalue weighted by Gasteiger charge is 2.27. The van der Waals surface area contributed by atoms with Gasteiger partial charge in [0.1, 0.15) is 0 Å². The fraction of sp³-hybridized carbons (Fsp3) is 0.200. The summed E-state index contributed by atoms with van der Waals surface area (Å²) in [6.45, 7) is 0. The zero-order valence-corrected chi connectivity index (χ0v) is 7.66. The van der Waals surface area contributed by atoms with Gasteiger partial charge >= 0.3 is 0 Å². The second-order valence-corrected chi connectivity index (χ2v) is 3.40. The van der Waals surface area contributed by atoms with Gasteiger partial charge in [0, 0.05) is 14.8 Å². The van der Waals surface area contributed by atoms with Crippen molar-refractivity contribution < 1.29 is 14.0 Å². The van der Waals surface area contributed by atoms with Crippen LogP contribution in [-0.4, -0.2) is 16.5 Å². The van der Waals surface area contributed by atoms with Gasteiger partial charge in [0.2, 0.25) is 5.91 Å². The fourth-order valence-electron chi connectivity index (χ4n) is 0.706.